The number of fused-ring (bicyclic) bond motifs is 3. The molecule has 4 aliphatic rings. The van der Waals surface area contributed by atoms with Crippen LogP contribution in [-0.2, 0) is 45.2 Å². The second-order valence-corrected chi connectivity index (χ2v) is 20.3. The van der Waals surface area contributed by atoms with E-state index in [-0.39, 0.29) is 174 Å². The molecule has 0 aromatic heterocycles. The van der Waals surface area contributed by atoms with Gasteiger partial charge in [0.05, 0.1) is 64.3 Å². The number of nitro groups is 1. The Morgan fingerprint density at radius 2 is 1.14 bits per heavy atom. The van der Waals surface area contributed by atoms with Crippen molar-refractivity contribution in [3.63, 3.8) is 0 Å². The van der Waals surface area contributed by atoms with Gasteiger partial charge in [-0.15, -0.1) is 20.4 Å². The van der Waals surface area contributed by atoms with E-state index >= 15 is 0 Å². The van der Waals surface area contributed by atoms with Gasteiger partial charge in [0.25, 0.3) is 5.69 Å². The van der Waals surface area contributed by atoms with Gasteiger partial charge < -0.3 is 18.8 Å². The van der Waals surface area contributed by atoms with Crippen LogP contribution in [0.5, 0.6) is 0 Å². The van der Waals surface area contributed by atoms with Crippen molar-refractivity contribution in [2.75, 3.05) is 5.43 Å². The average molecular weight is 1150 g/mol. The molecular formula is C42H23N9Na4O17S4. The quantitative estimate of drug-likeness (QED) is 0.0252. The normalized spacial score (nSPS) is 17.9. The SMILES string of the molecule is O=C1C=C([O-])C(N=Nc2ccc([N+](=O)[O-])cc2)=CC1=NNc1cc(S(=O)(=O)[O-])cc2c1C(=O)C(=NN=C1C=CC(=NN=C3C=CC(=S(=O)(O)O)c4ccccc43)c3cc(S(=O)(=O)[O-])ccc31)C(S(=O)(=O)[O-])=C2.[Na+].[Na+].[Na+].[Na+]. The summed E-state index contributed by atoms with van der Waals surface area (Å²) in [6, 6.07) is 14.7. The minimum atomic E-state index is -5.71. The van der Waals surface area contributed by atoms with Crippen molar-refractivity contribution in [3.05, 3.63) is 175 Å². The molecule has 0 fully saturated rings. The number of rotatable bonds is 10. The summed E-state index contributed by atoms with van der Waals surface area (Å²) in [6.45, 7) is 0. The number of nitrogens with one attached hydrogen (secondary N) is 1. The van der Waals surface area contributed by atoms with E-state index < -0.39 is 111 Å². The van der Waals surface area contributed by atoms with E-state index in [1.54, 1.807) is 6.07 Å². The first kappa shape index (κ1) is 64.1. The van der Waals surface area contributed by atoms with Crippen LogP contribution in [0.2, 0.25) is 0 Å². The minimum Gasteiger partial charge on any atom is -0.871 e. The molecule has 26 nitrogen and oxygen atoms in total. The summed E-state index contributed by atoms with van der Waals surface area (Å²) in [7, 11) is -20.7. The summed E-state index contributed by atoms with van der Waals surface area (Å²) >= 11 is 0. The number of Topliss-reactive ketones (excluding diaryl/α,β-unsaturated/α-hetero) is 1. The molecule has 0 radical (unpaired) electrons. The van der Waals surface area contributed by atoms with E-state index in [1.165, 1.54) is 48.6 Å². The second-order valence-electron chi connectivity index (χ2n) is 14.8. The molecule has 0 aliphatic heterocycles. The fraction of sp³-hybridized carbons (Fsp3) is 0. The number of hydrogen-bond donors (Lipinski definition) is 3. The molecule has 0 atom stereocenters. The van der Waals surface area contributed by atoms with Crippen LogP contribution in [0.1, 0.15) is 38.2 Å². The predicted octanol–water partition coefficient (Wildman–Crippen LogP) is -9.31. The van der Waals surface area contributed by atoms with Crippen molar-refractivity contribution in [2.45, 2.75) is 9.79 Å². The Balaban J connectivity index is 0.00000312. The maximum atomic E-state index is 14.3. The molecule has 4 aromatic rings. The number of carbonyl (C=O) groups excluding carboxylic acids is 2. The summed E-state index contributed by atoms with van der Waals surface area (Å²) in [6.07, 6.45) is 6.64. The molecule has 76 heavy (non-hydrogen) atoms. The van der Waals surface area contributed by atoms with E-state index in [2.05, 4.69) is 41.2 Å². The second kappa shape index (κ2) is 25.1. The maximum absolute atomic E-state index is 14.3. The molecular weight excluding hydrogens is 1120 g/mol. The fourth-order valence-electron chi connectivity index (χ4n) is 6.95. The third kappa shape index (κ3) is 14.2. The first-order valence-electron chi connectivity index (χ1n) is 19.5. The Morgan fingerprint density at radius 1 is 0.579 bits per heavy atom. The van der Waals surface area contributed by atoms with Gasteiger partial charge in [-0.3, -0.25) is 34.2 Å². The van der Waals surface area contributed by atoms with E-state index in [0.717, 1.165) is 42.5 Å². The van der Waals surface area contributed by atoms with Crippen LogP contribution >= 0.6 is 0 Å². The summed E-state index contributed by atoms with van der Waals surface area (Å²) in [5.41, 5.74) is -2.39. The molecule has 4 aliphatic carbocycles. The van der Waals surface area contributed by atoms with Gasteiger partial charge in [-0.2, -0.15) is 15.3 Å². The third-order valence-electron chi connectivity index (χ3n) is 10.2. The number of azo groups is 1. The van der Waals surface area contributed by atoms with Crippen molar-refractivity contribution in [3.8, 4) is 0 Å². The van der Waals surface area contributed by atoms with Crippen LogP contribution < -0.4 is 129 Å². The first-order valence-corrected chi connectivity index (χ1v) is 25.2. The van der Waals surface area contributed by atoms with Gasteiger partial charge in [-0.25, -0.2) is 29.5 Å². The smallest absolute Gasteiger partial charge is 0.871 e. The predicted molar refractivity (Wildman–Crippen MR) is 250 cm³/mol. The monoisotopic (exact) mass is 1140 g/mol. The number of hydrazone groups is 1. The van der Waals surface area contributed by atoms with Crippen molar-refractivity contribution >= 4 is 109 Å². The summed E-state index contributed by atoms with van der Waals surface area (Å²) in [4.78, 5) is 33.9. The number of nitro benzene ring substituents is 1. The van der Waals surface area contributed by atoms with Gasteiger partial charge >= 0.3 is 118 Å². The van der Waals surface area contributed by atoms with Crippen molar-refractivity contribution < 1.29 is 190 Å². The number of carbonyl (C=O) groups is 2. The van der Waals surface area contributed by atoms with Crippen molar-refractivity contribution in [1.82, 2.24) is 0 Å². The number of nitrogens with zero attached hydrogens (tertiary/aromatic N) is 8. The largest absolute Gasteiger partial charge is 1.00 e. The molecule has 34 heteroatoms. The average Bonchev–Trinajstić information content (AvgIpc) is 3.30. The maximum Gasteiger partial charge on any atom is 1.00 e. The summed E-state index contributed by atoms with van der Waals surface area (Å²) in [5.74, 6) is -3.46. The van der Waals surface area contributed by atoms with Crippen LogP contribution in [0.15, 0.2) is 177 Å². The van der Waals surface area contributed by atoms with E-state index in [0.29, 0.717) is 24.3 Å². The number of allylic oxidation sites excluding steroid dienone is 7. The van der Waals surface area contributed by atoms with E-state index in [1.807, 2.05) is 0 Å². The zero-order chi connectivity index (χ0) is 52.1. The number of benzene rings is 4. The molecule has 4 aromatic carbocycles. The van der Waals surface area contributed by atoms with Crippen molar-refractivity contribution in [2.24, 2.45) is 35.7 Å². The Hall–Kier alpha value is -4.46. The summed E-state index contributed by atoms with van der Waals surface area (Å²) in [5, 5.41) is 51.1. The zero-order valence-corrected chi connectivity index (χ0v) is 50.5. The number of anilines is 1. The molecule has 0 amide bonds. The molecule has 0 saturated carbocycles. The van der Waals surface area contributed by atoms with Gasteiger partial charge in [0.2, 0.25) is 21.6 Å². The fourth-order valence-corrected chi connectivity index (χ4v) is 9.33. The standard InChI is InChI=1S/C42H27N9O17S4.4Na/c52-36-20-37(53)34(19-33(36)47-43-22-5-7-23(8-6-22)51(55)56)48-49-35-18-25(70(60,61)62)15-21-16-39(72(66,67)68)41(42(54)40(21)35)50-46-30-11-12-32(29-17-24(69(57,58)59)9-10-27(29)30)45-44-31-13-14-38(71(63,64)65)28-4-2-1-3-26(28)31;;;;/h1-20,49,52H,(H,57,58,59)(H,60,61,62)(H2,63,64,65)(H,66,67,68);;;;/q;4*+1/p-4. The third-order valence-corrected chi connectivity index (χ3v) is 13.7. The summed E-state index contributed by atoms with van der Waals surface area (Å²) < 4.78 is 143. The van der Waals surface area contributed by atoms with Crippen LogP contribution in [0.4, 0.5) is 17.1 Å². The van der Waals surface area contributed by atoms with Gasteiger partial charge in [-0.1, -0.05) is 36.1 Å². The first-order chi connectivity index (χ1) is 33.8. The van der Waals surface area contributed by atoms with Gasteiger partial charge in [0.1, 0.15) is 36.1 Å². The van der Waals surface area contributed by atoms with Crippen LogP contribution in [0, 0.1) is 10.1 Å². The molecule has 0 saturated heterocycles. The zero-order valence-electron chi connectivity index (χ0n) is 39.3. The molecule has 366 valence electrons. The molecule has 3 N–H and O–H groups in total. The van der Waals surface area contributed by atoms with Gasteiger partial charge in [-0.05, 0) is 84.5 Å². The molecule has 8 rings (SSSR count). The molecule has 0 unspecified atom stereocenters. The molecule has 0 heterocycles. The van der Waals surface area contributed by atoms with Gasteiger partial charge in [0.15, 0.2) is 5.71 Å². The van der Waals surface area contributed by atoms with Gasteiger partial charge in [0, 0.05) is 34.4 Å². The number of non-ortho nitro benzene ring substituents is 1. The Kier molecular flexibility index (Phi) is 21.2. The minimum absolute atomic E-state index is 0. The van der Waals surface area contributed by atoms with Crippen molar-refractivity contribution in [1.29, 1.82) is 0 Å². The molecule has 0 bridgehead atoms. The Labute approximate surface area is 518 Å². The topological polar surface area (TPSA) is 428 Å². The number of hydrogen-bond acceptors (Lipinski definition) is 23. The Bertz CT molecular complexity index is 4020. The number of ketones is 2. The van der Waals surface area contributed by atoms with Crippen LogP contribution in [0.25, 0.3) is 6.08 Å². The Morgan fingerprint density at radius 3 is 1.72 bits per heavy atom. The van der Waals surface area contributed by atoms with Crippen LogP contribution in [-0.4, -0.2) is 102 Å². The van der Waals surface area contributed by atoms with E-state index in [9.17, 15) is 77.0 Å². The molecule has 0 spiro atoms. The van der Waals surface area contributed by atoms with Crippen LogP contribution in [0.3, 0.4) is 0 Å². The van der Waals surface area contributed by atoms with E-state index in [4.69, 9.17) is 0 Å².